The first-order chi connectivity index (χ1) is 25.7. The zero-order valence-electron chi connectivity index (χ0n) is 29.2. The number of amides is 2. The Labute approximate surface area is 318 Å². The number of aromatic nitrogens is 6. The summed E-state index contributed by atoms with van der Waals surface area (Å²) < 4.78 is 15.4. The molecule has 14 nitrogen and oxygen atoms in total. The van der Waals surface area contributed by atoms with E-state index in [1.54, 1.807) is 34.6 Å². The summed E-state index contributed by atoms with van der Waals surface area (Å²) in [6.45, 7) is 6.12. The van der Waals surface area contributed by atoms with E-state index < -0.39 is 0 Å². The van der Waals surface area contributed by atoms with Gasteiger partial charge in [0, 0.05) is 30.7 Å². The van der Waals surface area contributed by atoms with Crippen molar-refractivity contribution in [3.63, 3.8) is 0 Å². The van der Waals surface area contributed by atoms with Gasteiger partial charge < -0.3 is 29.2 Å². The van der Waals surface area contributed by atoms with Crippen LogP contribution in [0.2, 0.25) is 5.02 Å². The second-order valence-electron chi connectivity index (χ2n) is 12.6. The van der Waals surface area contributed by atoms with E-state index in [0.29, 0.717) is 91.6 Å². The smallest absolute Gasteiger partial charge is 0.299 e. The molecule has 0 saturated carbocycles. The molecule has 1 fully saturated rings. The number of carbonyl (C=O) groups excluding carboxylic acids is 2. The lowest BCUT2D eigenvalue weighted by atomic mass is 10.1. The van der Waals surface area contributed by atoms with Crippen LogP contribution in [0.15, 0.2) is 70.2 Å². The lowest BCUT2D eigenvalue weighted by molar-refractivity contribution is -0.116. The third-order valence-electron chi connectivity index (χ3n) is 9.21. The number of piperazine rings is 1. The van der Waals surface area contributed by atoms with Gasteiger partial charge in [0.2, 0.25) is 11.7 Å². The molecule has 0 spiro atoms. The Morgan fingerprint density at radius 3 is 2.58 bits per heavy atom. The van der Waals surface area contributed by atoms with Gasteiger partial charge in [0.05, 0.1) is 35.3 Å². The standard InChI is InChI=1S/C37H37BrClN9O5/c1-3-29-32(45-13-15-46(16-14-45)35(50)31-33(23(2)40-22-41-31)53-21-24-7-5-4-6-8-24)36(51)48-37(43-34(44-48)25-11-17-52-18-12-25)47(29)20-30(49)42-28-10-9-26(38)19-27(28)39/h4-11,19,22H,3,12-18,20-21H2,1-2H3,(H,42,49). The Kier molecular flexibility index (Phi) is 10.8. The third kappa shape index (κ3) is 7.68. The molecule has 2 aromatic carbocycles. The maximum atomic E-state index is 14.3. The van der Waals surface area contributed by atoms with Crippen LogP contribution in [0.5, 0.6) is 5.75 Å². The summed E-state index contributed by atoms with van der Waals surface area (Å²) in [7, 11) is 0. The minimum atomic E-state index is -0.351. The van der Waals surface area contributed by atoms with Crippen LogP contribution in [0.4, 0.5) is 11.4 Å². The van der Waals surface area contributed by atoms with Crippen LogP contribution in [-0.2, 0) is 29.1 Å². The van der Waals surface area contributed by atoms with Gasteiger partial charge in [-0.05, 0) is 49.1 Å². The molecule has 16 heteroatoms. The lowest BCUT2D eigenvalue weighted by Gasteiger charge is -2.36. The van der Waals surface area contributed by atoms with Crippen molar-refractivity contribution in [2.75, 3.05) is 49.6 Å². The van der Waals surface area contributed by atoms with Crippen molar-refractivity contribution in [1.82, 2.24) is 34.0 Å². The van der Waals surface area contributed by atoms with E-state index in [1.165, 1.54) is 10.8 Å². The maximum Gasteiger partial charge on any atom is 0.299 e. The van der Waals surface area contributed by atoms with Crippen LogP contribution in [0.3, 0.4) is 0 Å². The molecular formula is C37H37BrClN9O5. The fourth-order valence-corrected chi connectivity index (χ4v) is 7.24. The van der Waals surface area contributed by atoms with Gasteiger partial charge in [0.15, 0.2) is 17.3 Å². The zero-order chi connectivity index (χ0) is 37.1. The van der Waals surface area contributed by atoms with E-state index in [4.69, 9.17) is 26.1 Å². The molecule has 53 heavy (non-hydrogen) atoms. The number of fused-ring (bicyclic) bond motifs is 1. The predicted octanol–water partition coefficient (Wildman–Crippen LogP) is 4.95. The molecule has 1 saturated heterocycles. The van der Waals surface area contributed by atoms with E-state index in [9.17, 15) is 14.4 Å². The molecule has 5 aromatic rings. The summed E-state index contributed by atoms with van der Waals surface area (Å²) in [5, 5.41) is 7.93. The summed E-state index contributed by atoms with van der Waals surface area (Å²) in [6.07, 6.45) is 4.29. The molecule has 0 unspecified atom stereocenters. The van der Waals surface area contributed by atoms with E-state index in [2.05, 4.69) is 36.3 Å². The van der Waals surface area contributed by atoms with Crippen molar-refractivity contribution in [3.05, 3.63) is 109 Å². The van der Waals surface area contributed by atoms with Gasteiger partial charge in [-0.15, -0.1) is 5.10 Å². The number of halogens is 2. The Bertz CT molecular complexity index is 2270. The van der Waals surface area contributed by atoms with Gasteiger partial charge in [0.25, 0.3) is 11.5 Å². The molecular weight excluding hydrogens is 766 g/mol. The Morgan fingerprint density at radius 2 is 1.87 bits per heavy atom. The van der Waals surface area contributed by atoms with Crippen LogP contribution < -0.4 is 20.5 Å². The van der Waals surface area contributed by atoms with Crippen molar-refractivity contribution in [1.29, 1.82) is 0 Å². The number of hydrogen-bond acceptors (Lipinski definition) is 10. The first kappa shape index (κ1) is 36.2. The van der Waals surface area contributed by atoms with E-state index in [0.717, 1.165) is 15.6 Å². The monoisotopic (exact) mass is 801 g/mol. The summed E-state index contributed by atoms with van der Waals surface area (Å²) >= 11 is 9.81. The molecule has 0 atom stereocenters. The Morgan fingerprint density at radius 1 is 1.08 bits per heavy atom. The second kappa shape index (κ2) is 15.9. The first-order valence-corrected chi connectivity index (χ1v) is 18.5. The molecule has 2 amide bonds. The molecule has 0 radical (unpaired) electrons. The van der Waals surface area contributed by atoms with Crippen molar-refractivity contribution < 1.29 is 19.1 Å². The zero-order valence-corrected chi connectivity index (χ0v) is 31.6. The van der Waals surface area contributed by atoms with Crippen molar-refractivity contribution in [2.45, 2.75) is 39.8 Å². The molecule has 7 rings (SSSR count). The van der Waals surface area contributed by atoms with Gasteiger partial charge in [-0.25, -0.2) is 9.97 Å². The number of nitrogens with zero attached hydrogens (tertiary/aromatic N) is 8. The van der Waals surface area contributed by atoms with E-state index in [-0.39, 0.29) is 42.0 Å². The Balaban J connectivity index is 1.18. The average molecular weight is 803 g/mol. The summed E-state index contributed by atoms with van der Waals surface area (Å²) in [4.78, 5) is 58.9. The van der Waals surface area contributed by atoms with Gasteiger partial charge >= 0.3 is 0 Å². The fraction of sp³-hybridized carbons (Fsp3) is 0.324. The van der Waals surface area contributed by atoms with E-state index in [1.807, 2.05) is 48.2 Å². The molecule has 0 aliphatic carbocycles. The van der Waals surface area contributed by atoms with Crippen molar-refractivity contribution >= 4 is 62.1 Å². The van der Waals surface area contributed by atoms with Gasteiger partial charge in [-0.2, -0.15) is 9.50 Å². The van der Waals surface area contributed by atoms with Gasteiger partial charge in [-0.1, -0.05) is 70.9 Å². The van der Waals surface area contributed by atoms with Crippen LogP contribution in [0.25, 0.3) is 11.4 Å². The third-order valence-corrected chi connectivity index (χ3v) is 10.0. The van der Waals surface area contributed by atoms with Gasteiger partial charge in [0.1, 0.15) is 25.2 Å². The summed E-state index contributed by atoms with van der Waals surface area (Å²) in [6, 6.07) is 14.9. The summed E-state index contributed by atoms with van der Waals surface area (Å²) in [5.41, 5.74) is 3.72. The number of benzene rings is 2. The topological polar surface area (TPSA) is 149 Å². The molecule has 2 aliphatic heterocycles. The van der Waals surface area contributed by atoms with Crippen LogP contribution in [-0.4, -0.2) is 85.2 Å². The number of carbonyl (C=O) groups is 2. The van der Waals surface area contributed by atoms with Crippen molar-refractivity contribution in [3.8, 4) is 5.75 Å². The molecule has 0 bridgehead atoms. The highest BCUT2D eigenvalue weighted by Crippen LogP contribution is 2.28. The second-order valence-corrected chi connectivity index (χ2v) is 13.9. The predicted molar refractivity (Wildman–Crippen MR) is 203 cm³/mol. The van der Waals surface area contributed by atoms with Crippen LogP contribution in [0.1, 0.15) is 46.6 Å². The number of aryl methyl sites for hydroxylation is 1. The normalized spacial score (nSPS) is 14.7. The average Bonchev–Trinajstić information content (AvgIpc) is 3.63. The molecule has 5 heterocycles. The van der Waals surface area contributed by atoms with Crippen LogP contribution in [0, 0.1) is 6.92 Å². The largest absolute Gasteiger partial charge is 0.485 e. The fourth-order valence-electron chi connectivity index (χ4n) is 6.52. The van der Waals surface area contributed by atoms with Crippen LogP contribution >= 0.6 is 27.5 Å². The number of rotatable bonds is 10. The SMILES string of the molecule is CCc1c(N2CCN(C(=O)c3ncnc(C)c3OCc3ccccc3)CC2)c(=O)n2nc(C3=CCOCC3)nc2n1CC(=O)Nc1ccc(Br)cc1Cl. The maximum absolute atomic E-state index is 14.3. The number of nitrogens with one attached hydrogen (secondary N) is 1. The first-order valence-electron chi connectivity index (χ1n) is 17.3. The minimum Gasteiger partial charge on any atom is -0.485 e. The summed E-state index contributed by atoms with van der Waals surface area (Å²) in [5.74, 6) is 0.378. The minimum absolute atomic E-state index is 0.149. The molecule has 1 N–H and O–H groups in total. The molecule has 2 aliphatic rings. The highest BCUT2D eigenvalue weighted by Gasteiger charge is 2.31. The highest BCUT2D eigenvalue weighted by molar-refractivity contribution is 9.10. The highest BCUT2D eigenvalue weighted by atomic mass is 79.9. The lowest BCUT2D eigenvalue weighted by Crippen LogP contribution is -2.51. The molecule has 274 valence electrons. The number of anilines is 2. The van der Waals surface area contributed by atoms with Crippen molar-refractivity contribution in [2.24, 2.45) is 0 Å². The van der Waals surface area contributed by atoms with E-state index >= 15 is 0 Å². The number of hydrogen-bond donors (Lipinski definition) is 1. The quantitative estimate of drug-likeness (QED) is 0.206. The number of ether oxygens (including phenoxy) is 2. The molecule has 3 aromatic heterocycles. The van der Waals surface area contributed by atoms with Gasteiger partial charge in [-0.3, -0.25) is 14.4 Å². The Hall–Kier alpha value is -5.12.